The van der Waals surface area contributed by atoms with Crippen molar-refractivity contribution in [2.75, 3.05) is 0 Å². The number of hydrogen-bond acceptors (Lipinski definition) is 5. The van der Waals surface area contributed by atoms with Crippen molar-refractivity contribution in [2.45, 2.75) is 12.7 Å². The van der Waals surface area contributed by atoms with Gasteiger partial charge in [0, 0.05) is 6.54 Å². The zero-order valence-corrected chi connectivity index (χ0v) is 11.1. The molecule has 1 aromatic carbocycles. The number of carbonyl (C=O) groups is 2. The van der Waals surface area contributed by atoms with Crippen molar-refractivity contribution in [3.8, 4) is 11.4 Å². The van der Waals surface area contributed by atoms with Gasteiger partial charge in [-0.15, -0.1) is 0 Å². The fraction of sp³-hybridized carbons (Fsp3) is 0.167. The van der Waals surface area contributed by atoms with E-state index >= 15 is 0 Å². The third kappa shape index (κ3) is 3.81. The highest BCUT2D eigenvalue weighted by atomic mass is 19.4. The summed E-state index contributed by atoms with van der Waals surface area (Å²) in [4.78, 5) is 24.6. The molecule has 2 amide bonds. The average Bonchev–Trinajstić information content (AvgIpc) is 2.94. The van der Waals surface area contributed by atoms with E-state index in [0.29, 0.717) is 0 Å². The zero-order valence-electron chi connectivity index (χ0n) is 11.1. The van der Waals surface area contributed by atoms with E-state index in [0.717, 1.165) is 12.1 Å². The Morgan fingerprint density at radius 1 is 1.30 bits per heavy atom. The first-order valence-electron chi connectivity index (χ1n) is 5.96. The molecule has 2 aromatic rings. The first kappa shape index (κ1) is 16.4. The standard InChI is InChI=1S/C12H8F4N4O3/c13-7-3-5(4-18-10(22)8(17)21)1-2-6(7)9-19-11(23-20-9)12(14,15)16/h1-3H,4H2,(H2,17,21)(H,18,22). The minimum absolute atomic E-state index is 0.195. The van der Waals surface area contributed by atoms with Gasteiger partial charge in [-0.2, -0.15) is 18.2 Å². The molecule has 0 radical (unpaired) electrons. The summed E-state index contributed by atoms with van der Waals surface area (Å²) in [6.45, 7) is -0.195. The van der Waals surface area contributed by atoms with Crippen LogP contribution in [0.1, 0.15) is 11.5 Å². The molecule has 0 aliphatic rings. The number of halogens is 4. The Morgan fingerprint density at radius 2 is 2.00 bits per heavy atom. The maximum atomic E-state index is 13.9. The molecule has 0 saturated carbocycles. The summed E-state index contributed by atoms with van der Waals surface area (Å²) in [5.74, 6) is -5.34. The van der Waals surface area contributed by atoms with Gasteiger partial charge in [0.15, 0.2) is 0 Å². The quantitative estimate of drug-likeness (QED) is 0.643. The number of alkyl halides is 3. The predicted octanol–water partition coefficient (Wildman–Crippen LogP) is 0.996. The molecule has 0 atom stereocenters. The molecule has 0 aliphatic heterocycles. The van der Waals surface area contributed by atoms with E-state index in [2.05, 4.69) is 20.0 Å². The second-order valence-corrected chi connectivity index (χ2v) is 4.28. The second-order valence-electron chi connectivity index (χ2n) is 4.28. The Hall–Kier alpha value is -2.98. The van der Waals surface area contributed by atoms with Crippen LogP contribution in [0.5, 0.6) is 0 Å². The molecule has 0 saturated heterocycles. The lowest BCUT2D eigenvalue weighted by Gasteiger charge is -2.05. The fourth-order valence-electron chi connectivity index (χ4n) is 1.57. The topological polar surface area (TPSA) is 111 Å². The number of rotatable bonds is 3. The van der Waals surface area contributed by atoms with Crippen LogP contribution in [-0.2, 0) is 22.3 Å². The van der Waals surface area contributed by atoms with Crippen molar-refractivity contribution < 1.29 is 31.7 Å². The number of primary amides is 1. The molecule has 122 valence electrons. The third-order valence-electron chi connectivity index (χ3n) is 2.62. The van der Waals surface area contributed by atoms with Crippen molar-refractivity contribution in [3.63, 3.8) is 0 Å². The van der Waals surface area contributed by atoms with Gasteiger partial charge in [0.05, 0.1) is 5.56 Å². The van der Waals surface area contributed by atoms with Gasteiger partial charge in [-0.25, -0.2) is 4.39 Å². The average molecular weight is 332 g/mol. The smallest absolute Gasteiger partial charge is 0.361 e. The van der Waals surface area contributed by atoms with Gasteiger partial charge in [0.1, 0.15) is 5.82 Å². The van der Waals surface area contributed by atoms with E-state index in [9.17, 15) is 27.2 Å². The summed E-state index contributed by atoms with van der Waals surface area (Å²) in [7, 11) is 0. The van der Waals surface area contributed by atoms with E-state index in [1.807, 2.05) is 0 Å². The molecule has 1 aromatic heterocycles. The van der Waals surface area contributed by atoms with Crippen molar-refractivity contribution in [2.24, 2.45) is 5.73 Å². The van der Waals surface area contributed by atoms with Crippen molar-refractivity contribution in [3.05, 3.63) is 35.5 Å². The van der Waals surface area contributed by atoms with E-state index < -0.39 is 35.5 Å². The van der Waals surface area contributed by atoms with E-state index in [-0.39, 0.29) is 17.7 Å². The van der Waals surface area contributed by atoms with Crippen LogP contribution in [0, 0.1) is 5.82 Å². The molecule has 1 heterocycles. The Balaban J connectivity index is 2.18. The van der Waals surface area contributed by atoms with Gasteiger partial charge in [0.25, 0.3) is 0 Å². The van der Waals surface area contributed by atoms with Crippen molar-refractivity contribution >= 4 is 11.8 Å². The highest BCUT2D eigenvalue weighted by Gasteiger charge is 2.38. The molecule has 0 spiro atoms. The number of nitrogens with two attached hydrogens (primary N) is 1. The molecule has 23 heavy (non-hydrogen) atoms. The van der Waals surface area contributed by atoms with Crippen molar-refractivity contribution in [1.82, 2.24) is 15.5 Å². The molecule has 0 fully saturated rings. The minimum Gasteiger partial charge on any atom is -0.361 e. The molecule has 11 heteroatoms. The zero-order chi connectivity index (χ0) is 17.2. The number of benzene rings is 1. The van der Waals surface area contributed by atoms with Crippen LogP contribution in [0.15, 0.2) is 22.7 Å². The Kier molecular flexibility index (Phi) is 4.29. The van der Waals surface area contributed by atoms with Crippen LogP contribution in [-0.4, -0.2) is 22.0 Å². The summed E-state index contributed by atoms with van der Waals surface area (Å²) < 4.78 is 55.0. The highest BCUT2D eigenvalue weighted by molar-refractivity contribution is 6.34. The Bertz CT molecular complexity index is 757. The van der Waals surface area contributed by atoms with Crippen LogP contribution in [0.4, 0.5) is 17.6 Å². The summed E-state index contributed by atoms with van der Waals surface area (Å²) in [5, 5.41) is 5.19. The first-order valence-corrected chi connectivity index (χ1v) is 5.96. The summed E-state index contributed by atoms with van der Waals surface area (Å²) >= 11 is 0. The summed E-state index contributed by atoms with van der Waals surface area (Å²) in [6, 6.07) is 3.37. The van der Waals surface area contributed by atoms with Crippen LogP contribution >= 0.6 is 0 Å². The summed E-state index contributed by atoms with van der Waals surface area (Å²) in [6.07, 6.45) is -4.83. The second kappa shape index (κ2) is 6.02. The maximum Gasteiger partial charge on any atom is 0.471 e. The normalized spacial score (nSPS) is 11.3. The highest BCUT2D eigenvalue weighted by Crippen LogP contribution is 2.30. The van der Waals surface area contributed by atoms with Gasteiger partial charge in [0.2, 0.25) is 5.82 Å². The van der Waals surface area contributed by atoms with Crippen molar-refractivity contribution in [1.29, 1.82) is 0 Å². The Morgan fingerprint density at radius 3 is 2.52 bits per heavy atom. The van der Waals surface area contributed by atoms with E-state index in [1.165, 1.54) is 6.07 Å². The first-order chi connectivity index (χ1) is 10.7. The van der Waals surface area contributed by atoms with Gasteiger partial charge in [-0.1, -0.05) is 11.2 Å². The van der Waals surface area contributed by atoms with Gasteiger partial charge in [-0.05, 0) is 17.7 Å². The molecular weight excluding hydrogens is 324 g/mol. The fourth-order valence-corrected chi connectivity index (χ4v) is 1.57. The largest absolute Gasteiger partial charge is 0.471 e. The van der Waals surface area contributed by atoms with Crippen LogP contribution in [0.25, 0.3) is 11.4 Å². The monoisotopic (exact) mass is 332 g/mol. The molecule has 2 rings (SSSR count). The number of nitrogens with one attached hydrogen (secondary N) is 1. The lowest BCUT2D eigenvalue weighted by molar-refractivity contribution is -0.159. The Labute approximate surface area is 125 Å². The van der Waals surface area contributed by atoms with E-state index in [4.69, 9.17) is 5.73 Å². The predicted molar refractivity (Wildman–Crippen MR) is 65.7 cm³/mol. The number of nitrogens with zero attached hydrogens (tertiary/aromatic N) is 2. The lowest BCUT2D eigenvalue weighted by atomic mass is 10.1. The SMILES string of the molecule is NC(=O)C(=O)NCc1ccc(-c2noc(C(F)(F)F)n2)c(F)c1. The molecule has 0 aliphatic carbocycles. The molecule has 3 N–H and O–H groups in total. The van der Waals surface area contributed by atoms with Crippen LogP contribution in [0.3, 0.4) is 0 Å². The van der Waals surface area contributed by atoms with Crippen LogP contribution in [0.2, 0.25) is 0 Å². The lowest BCUT2D eigenvalue weighted by Crippen LogP contribution is -2.35. The number of hydrogen-bond donors (Lipinski definition) is 2. The summed E-state index contributed by atoms with van der Waals surface area (Å²) in [5.41, 5.74) is 4.66. The molecule has 7 nitrogen and oxygen atoms in total. The van der Waals surface area contributed by atoms with Gasteiger partial charge in [-0.3, -0.25) is 9.59 Å². The minimum atomic E-state index is -4.83. The molecule has 0 bridgehead atoms. The number of amides is 2. The number of aromatic nitrogens is 2. The molecular formula is C12H8F4N4O3. The third-order valence-corrected chi connectivity index (χ3v) is 2.62. The van der Waals surface area contributed by atoms with Gasteiger partial charge >= 0.3 is 23.9 Å². The van der Waals surface area contributed by atoms with E-state index in [1.54, 1.807) is 0 Å². The van der Waals surface area contributed by atoms with Crippen LogP contribution < -0.4 is 11.1 Å². The van der Waals surface area contributed by atoms with Gasteiger partial charge < -0.3 is 15.6 Å². The number of carbonyl (C=O) groups excluding carboxylic acids is 2. The maximum absolute atomic E-state index is 13.9. The molecule has 0 unspecified atom stereocenters.